The fraction of sp³-hybridized carbons (Fsp3) is 0.900. The monoisotopic (exact) mass is 304 g/mol. The van der Waals surface area contributed by atoms with Gasteiger partial charge in [-0.3, -0.25) is 9.59 Å². The highest BCUT2D eigenvalue weighted by atomic mass is 16.1. The minimum atomic E-state index is 0.377. The van der Waals surface area contributed by atoms with Crippen LogP contribution >= 0.6 is 0 Å². The van der Waals surface area contributed by atoms with Crippen LogP contribution in [0.15, 0.2) is 0 Å². The number of ketones is 2. The van der Waals surface area contributed by atoms with Gasteiger partial charge in [-0.15, -0.1) is 0 Å². The van der Waals surface area contributed by atoms with Gasteiger partial charge in [-0.25, -0.2) is 0 Å². The molecule has 3 fully saturated rings. The lowest BCUT2D eigenvalue weighted by atomic mass is 9.52. The van der Waals surface area contributed by atoms with Crippen molar-refractivity contribution in [3.63, 3.8) is 0 Å². The second-order valence-corrected chi connectivity index (χ2v) is 8.33. The van der Waals surface area contributed by atoms with E-state index >= 15 is 0 Å². The lowest BCUT2D eigenvalue weighted by Gasteiger charge is -2.52. The number of carbonyl (C=O) groups excluding carboxylic acids is 2. The molecule has 0 aromatic rings. The van der Waals surface area contributed by atoms with Crippen molar-refractivity contribution in [1.29, 1.82) is 0 Å². The van der Waals surface area contributed by atoms with Crippen molar-refractivity contribution in [2.24, 2.45) is 23.2 Å². The summed E-state index contributed by atoms with van der Waals surface area (Å²) in [6.07, 6.45) is 14.6. The summed E-state index contributed by atoms with van der Waals surface area (Å²) in [4.78, 5) is 23.4. The summed E-state index contributed by atoms with van der Waals surface area (Å²) in [7, 11) is 0. The van der Waals surface area contributed by atoms with Gasteiger partial charge in [0, 0.05) is 25.7 Å². The number of carbonyl (C=O) groups is 2. The molecule has 0 saturated heterocycles. The van der Waals surface area contributed by atoms with Gasteiger partial charge >= 0.3 is 0 Å². The molecule has 2 heteroatoms. The first kappa shape index (κ1) is 16.2. The summed E-state index contributed by atoms with van der Waals surface area (Å²) < 4.78 is 0. The van der Waals surface area contributed by atoms with E-state index in [-0.39, 0.29) is 0 Å². The third-order valence-corrected chi connectivity index (χ3v) is 7.33. The van der Waals surface area contributed by atoms with E-state index in [1.165, 1.54) is 32.1 Å². The summed E-state index contributed by atoms with van der Waals surface area (Å²) >= 11 is 0. The fourth-order valence-electron chi connectivity index (χ4n) is 5.85. The largest absolute Gasteiger partial charge is 0.300 e. The molecule has 3 aliphatic carbocycles. The van der Waals surface area contributed by atoms with Gasteiger partial charge in [-0.2, -0.15) is 0 Å². The smallest absolute Gasteiger partial charge is 0.132 e. The highest BCUT2D eigenvalue weighted by Gasteiger charge is 2.48. The Bertz CT molecular complexity index is 371. The molecule has 0 atom stereocenters. The minimum absolute atomic E-state index is 0.377. The van der Waals surface area contributed by atoms with Crippen LogP contribution in [-0.4, -0.2) is 11.6 Å². The molecule has 2 nitrogen and oxygen atoms in total. The number of Topliss-reactive ketones (excluding diaryl/α,β-unsaturated/α-hetero) is 2. The van der Waals surface area contributed by atoms with Crippen LogP contribution in [0.2, 0.25) is 0 Å². The summed E-state index contributed by atoms with van der Waals surface area (Å²) in [5.41, 5.74) is 0.377. The molecule has 0 aromatic carbocycles. The predicted molar refractivity (Wildman–Crippen MR) is 88.6 cm³/mol. The molecule has 0 aliphatic heterocycles. The van der Waals surface area contributed by atoms with Gasteiger partial charge in [-0.1, -0.05) is 26.2 Å². The van der Waals surface area contributed by atoms with Crippen LogP contribution in [-0.2, 0) is 9.59 Å². The Balaban J connectivity index is 1.80. The molecule has 3 aliphatic rings. The summed E-state index contributed by atoms with van der Waals surface area (Å²) in [5, 5.41) is 0. The van der Waals surface area contributed by atoms with Gasteiger partial charge in [-0.05, 0) is 61.7 Å². The molecule has 0 N–H and O–H groups in total. The van der Waals surface area contributed by atoms with E-state index in [9.17, 15) is 9.59 Å². The standard InChI is InChI=1S/C20H32O2/c1-20(15-5-3-2-4-6-15,16-7-11-18(21)12-8-16)17-9-13-19(22)14-10-17/h15-17H,2-14H2,1H3. The molecule has 3 saturated carbocycles. The Hall–Kier alpha value is -0.660. The maximum Gasteiger partial charge on any atom is 0.132 e. The maximum absolute atomic E-state index is 11.7. The molecular formula is C20H32O2. The number of hydrogen-bond donors (Lipinski definition) is 0. The molecule has 22 heavy (non-hydrogen) atoms. The molecule has 0 unspecified atom stereocenters. The van der Waals surface area contributed by atoms with Crippen LogP contribution < -0.4 is 0 Å². The van der Waals surface area contributed by atoms with Crippen molar-refractivity contribution < 1.29 is 9.59 Å². The summed E-state index contributed by atoms with van der Waals surface area (Å²) in [5.74, 6) is 3.21. The Morgan fingerprint density at radius 2 is 1.00 bits per heavy atom. The zero-order valence-corrected chi connectivity index (χ0v) is 14.2. The Kier molecular flexibility index (Phi) is 5.04. The van der Waals surface area contributed by atoms with Crippen molar-refractivity contribution >= 4 is 11.6 Å². The van der Waals surface area contributed by atoms with Crippen LogP contribution in [0.4, 0.5) is 0 Å². The lowest BCUT2D eigenvalue weighted by molar-refractivity contribution is -0.125. The average Bonchev–Trinajstić information content (AvgIpc) is 2.56. The molecular weight excluding hydrogens is 272 g/mol. The first-order valence-electron chi connectivity index (χ1n) is 9.64. The van der Waals surface area contributed by atoms with E-state index in [0.29, 0.717) is 28.8 Å². The van der Waals surface area contributed by atoms with Crippen LogP contribution in [0.3, 0.4) is 0 Å². The first-order chi connectivity index (χ1) is 10.6. The average molecular weight is 304 g/mol. The Labute approximate surface area is 135 Å². The SMILES string of the molecule is CC(C1CCCCC1)(C1CCC(=O)CC1)C1CCC(=O)CC1. The zero-order valence-electron chi connectivity index (χ0n) is 14.2. The van der Waals surface area contributed by atoms with Gasteiger partial charge in [0.25, 0.3) is 0 Å². The van der Waals surface area contributed by atoms with E-state index in [1.807, 2.05) is 0 Å². The van der Waals surface area contributed by atoms with E-state index in [4.69, 9.17) is 0 Å². The maximum atomic E-state index is 11.7. The van der Waals surface area contributed by atoms with Gasteiger partial charge in [0.2, 0.25) is 0 Å². The van der Waals surface area contributed by atoms with Gasteiger partial charge in [0.1, 0.15) is 11.6 Å². The third kappa shape index (κ3) is 3.16. The molecule has 0 amide bonds. The number of hydrogen-bond acceptors (Lipinski definition) is 2. The summed E-state index contributed by atoms with van der Waals surface area (Å²) in [6.45, 7) is 2.55. The van der Waals surface area contributed by atoms with E-state index in [0.717, 1.165) is 57.3 Å². The van der Waals surface area contributed by atoms with Crippen LogP contribution in [0.5, 0.6) is 0 Å². The molecule has 0 spiro atoms. The third-order valence-electron chi connectivity index (χ3n) is 7.33. The molecule has 3 rings (SSSR count). The van der Waals surface area contributed by atoms with Gasteiger partial charge in [0.15, 0.2) is 0 Å². The highest BCUT2D eigenvalue weighted by molar-refractivity contribution is 5.79. The van der Waals surface area contributed by atoms with Crippen LogP contribution in [0, 0.1) is 23.2 Å². The van der Waals surface area contributed by atoms with E-state index in [2.05, 4.69) is 6.92 Å². The normalized spacial score (nSPS) is 27.3. The predicted octanol–water partition coefficient (Wildman–Crippen LogP) is 5.09. The quantitative estimate of drug-likeness (QED) is 0.727. The lowest BCUT2D eigenvalue weighted by Crippen LogP contribution is -2.45. The molecule has 124 valence electrons. The molecule has 0 heterocycles. The fourth-order valence-corrected chi connectivity index (χ4v) is 5.85. The van der Waals surface area contributed by atoms with Gasteiger partial charge in [0.05, 0.1) is 0 Å². The van der Waals surface area contributed by atoms with E-state index < -0.39 is 0 Å². The summed E-state index contributed by atoms with van der Waals surface area (Å²) in [6, 6.07) is 0. The van der Waals surface area contributed by atoms with Crippen LogP contribution in [0.1, 0.15) is 90.4 Å². The molecule has 0 aromatic heterocycles. The van der Waals surface area contributed by atoms with Crippen molar-refractivity contribution in [2.45, 2.75) is 90.4 Å². The van der Waals surface area contributed by atoms with Crippen molar-refractivity contribution in [3.8, 4) is 0 Å². The van der Waals surface area contributed by atoms with Crippen LogP contribution in [0.25, 0.3) is 0 Å². The first-order valence-corrected chi connectivity index (χ1v) is 9.64. The Morgan fingerprint density at radius 1 is 0.636 bits per heavy atom. The number of rotatable bonds is 3. The molecule has 0 bridgehead atoms. The van der Waals surface area contributed by atoms with Crippen molar-refractivity contribution in [3.05, 3.63) is 0 Å². The molecule has 0 radical (unpaired) electrons. The highest BCUT2D eigenvalue weighted by Crippen LogP contribution is 2.55. The second kappa shape index (κ2) is 6.84. The second-order valence-electron chi connectivity index (χ2n) is 8.33. The van der Waals surface area contributed by atoms with Crippen molar-refractivity contribution in [1.82, 2.24) is 0 Å². The van der Waals surface area contributed by atoms with Gasteiger partial charge < -0.3 is 0 Å². The topological polar surface area (TPSA) is 34.1 Å². The minimum Gasteiger partial charge on any atom is -0.300 e. The zero-order chi connectivity index (χ0) is 15.6. The Morgan fingerprint density at radius 3 is 1.41 bits per heavy atom. The van der Waals surface area contributed by atoms with Crippen molar-refractivity contribution in [2.75, 3.05) is 0 Å². The van der Waals surface area contributed by atoms with E-state index in [1.54, 1.807) is 0 Å².